The van der Waals surface area contributed by atoms with E-state index in [0.717, 1.165) is 12.4 Å². The second-order valence-electron chi connectivity index (χ2n) is 4.29. The summed E-state index contributed by atoms with van der Waals surface area (Å²) in [5.74, 6) is 0.869. The van der Waals surface area contributed by atoms with Crippen molar-refractivity contribution in [2.75, 3.05) is 10.6 Å². The molecule has 88 valence electrons. The van der Waals surface area contributed by atoms with E-state index in [9.17, 15) is 0 Å². The topological polar surface area (TPSA) is 55.0 Å². The first-order valence-corrected chi connectivity index (χ1v) is 6.62. The Morgan fingerprint density at radius 2 is 2.35 bits per heavy atom. The molecule has 1 aliphatic rings. The lowest BCUT2D eigenvalue weighted by atomic mass is 10.3. The Labute approximate surface area is 104 Å². The quantitative estimate of drug-likeness (QED) is 0.899. The van der Waals surface area contributed by atoms with Crippen LogP contribution in [0.5, 0.6) is 0 Å². The molecule has 4 nitrogen and oxygen atoms in total. The highest BCUT2D eigenvalue weighted by atomic mass is 32.1. The van der Waals surface area contributed by atoms with Gasteiger partial charge in [0.15, 0.2) is 5.82 Å². The molecule has 0 bridgehead atoms. The third kappa shape index (κ3) is 2.24. The van der Waals surface area contributed by atoms with Gasteiger partial charge in [-0.3, -0.25) is 0 Å². The predicted molar refractivity (Wildman–Crippen MR) is 70.0 cm³/mol. The number of thiophene rings is 1. The molecular weight excluding hydrogens is 232 g/mol. The molecule has 2 aromatic rings. The van der Waals surface area contributed by atoms with E-state index in [2.05, 4.69) is 31.7 Å². The minimum atomic E-state index is 0.590. The van der Waals surface area contributed by atoms with Crippen molar-refractivity contribution in [2.24, 2.45) is 0 Å². The smallest absolute Gasteiger partial charge is 0.155 e. The Morgan fingerprint density at radius 3 is 3.00 bits per heavy atom. The van der Waals surface area contributed by atoms with Gasteiger partial charge in [0.25, 0.3) is 0 Å². The van der Waals surface area contributed by atoms with Gasteiger partial charge in [0, 0.05) is 12.6 Å². The Kier molecular flexibility index (Phi) is 2.68. The normalized spacial score (nSPS) is 14.8. The molecule has 0 aliphatic heterocycles. The molecule has 0 saturated heterocycles. The third-order valence-corrected chi connectivity index (χ3v) is 3.64. The summed E-state index contributed by atoms with van der Waals surface area (Å²) in [6.07, 6.45) is 5.70. The van der Waals surface area contributed by atoms with Crippen molar-refractivity contribution >= 4 is 22.8 Å². The first-order chi connectivity index (χ1) is 8.34. The summed E-state index contributed by atoms with van der Waals surface area (Å²) in [4.78, 5) is 10.5. The Balaban J connectivity index is 1.88. The van der Waals surface area contributed by atoms with Crippen molar-refractivity contribution in [1.82, 2.24) is 9.97 Å². The maximum Gasteiger partial charge on any atom is 0.155 e. The lowest BCUT2D eigenvalue weighted by Gasteiger charge is -2.23. The molecule has 17 heavy (non-hydrogen) atoms. The zero-order valence-electron chi connectivity index (χ0n) is 9.41. The highest BCUT2D eigenvalue weighted by Gasteiger charge is 2.31. The van der Waals surface area contributed by atoms with Crippen molar-refractivity contribution in [3.05, 3.63) is 34.9 Å². The van der Waals surface area contributed by atoms with E-state index >= 15 is 0 Å². The molecule has 0 atom stereocenters. The van der Waals surface area contributed by atoms with E-state index in [0.29, 0.717) is 11.7 Å². The van der Waals surface area contributed by atoms with Crippen molar-refractivity contribution < 1.29 is 0 Å². The van der Waals surface area contributed by atoms with Crippen LogP contribution in [0.4, 0.5) is 11.5 Å². The second-order valence-corrected chi connectivity index (χ2v) is 5.07. The van der Waals surface area contributed by atoms with Crippen LogP contribution in [0, 0.1) is 0 Å². The van der Waals surface area contributed by atoms with Gasteiger partial charge in [-0.05, 0) is 35.2 Å². The number of nitrogen functional groups attached to an aromatic ring is 1. The number of anilines is 2. The third-order valence-electron chi connectivity index (χ3n) is 2.91. The molecule has 0 unspecified atom stereocenters. The second kappa shape index (κ2) is 4.33. The Hall–Kier alpha value is -1.62. The van der Waals surface area contributed by atoms with Gasteiger partial charge in [-0.1, -0.05) is 0 Å². The standard InChI is InChI=1S/C12H14N4S/c13-11-5-14-8-15-12(11)16(10-1-2-10)6-9-3-4-17-7-9/h3-5,7-8,10H,1-2,6,13H2. The van der Waals surface area contributed by atoms with E-state index in [1.165, 1.54) is 18.4 Å². The maximum absolute atomic E-state index is 5.95. The van der Waals surface area contributed by atoms with E-state index in [1.54, 1.807) is 23.9 Å². The number of nitrogens with zero attached hydrogens (tertiary/aromatic N) is 3. The highest BCUT2D eigenvalue weighted by molar-refractivity contribution is 7.07. The van der Waals surface area contributed by atoms with Crippen LogP contribution < -0.4 is 10.6 Å². The lowest BCUT2D eigenvalue weighted by Crippen LogP contribution is -2.26. The van der Waals surface area contributed by atoms with Crippen LogP contribution in [0.3, 0.4) is 0 Å². The first-order valence-electron chi connectivity index (χ1n) is 5.68. The fourth-order valence-electron chi connectivity index (χ4n) is 1.92. The number of hydrogen-bond acceptors (Lipinski definition) is 5. The van der Waals surface area contributed by atoms with Gasteiger partial charge in [-0.15, -0.1) is 0 Å². The van der Waals surface area contributed by atoms with Gasteiger partial charge >= 0.3 is 0 Å². The summed E-state index contributed by atoms with van der Waals surface area (Å²) in [5, 5.41) is 4.27. The molecule has 0 aromatic carbocycles. The molecule has 1 aliphatic carbocycles. The minimum absolute atomic E-state index is 0.590. The number of nitrogens with two attached hydrogens (primary N) is 1. The van der Waals surface area contributed by atoms with Crippen molar-refractivity contribution in [3.63, 3.8) is 0 Å². The molecule has 1 fully saturated rings. The predicted octanol–water partition coefficient (Wildman–Crippen LogP) is 2.29. The fourth-order valence-corrected chi connectivity index (χ4v) is 2.58. The average Bonchev–Trinajstić information content (AvgIpc) is 3.05. The van der Waals surface area contributed by atoms with E-state index in [-0.39, 0.29) is 0 Å². The molecule has 0 radical (unpaired) electrons. The van der Waals surface area contributed by atoms with Crippen molar-refractivity contribution in [3.8, 4) is 0 Å². The van der Waals surface area contributed by atoms with E-state index in [4.69, 9.17) is 5.73 Å². The average molecular weight is 246 g/mol. The molecule has 3 rings (SSSR count). The van der Waals surface area contributed by atoms with Crippen LogP contribution in [0.2, 0.25) is 0 Å². The molecule has 1 saturated carbocycles. The molecule has 2 aromatic heterocycles. The van der Waals surface area contributed by atoms with Crippen LogP contribution in [-0.4, -0.2) is 16.0 Å². The van der Waals surface area contributed by atoms with Crippen molar-refractivity contribution in [2.45, 2.75) is 25.4 Å². The SMILES string of the molecule is Nc1cncnc1N(Cc1ccsc1)C1CC1. The van der Waals surface area contributed by atoms with Crippen LogP contribution in [0.1, 0.15) is 18.4 Å². The van der Waals surface area contributed by atoms with Crippen molar-refractivity contribution in [1.29, 1.82) is 0 Å². The van der Waals surface area contributed by atoms with Crippen LogP contribution in [-0.2, 0) is 6.54 Å². The number of hydrogen-bond donors (Lipinski definition) is 1. The summed E-state index contributed by atoms with van der Waals surface area (Å²) in [6, 6.07) is 2.74. The molecule has 2 heterocycles. The monoisotopic (exact) mass is 246 g/mol. The Morgan fingerprint density at radius 1 is 1.47 bits per heavy atom. The van der Waals surface area contributed by atoms with E-state index in [1.807, 2.05) is 0 Å². The highest BCUT2D eigenvalue weighted by Crippen LogP contribution is 2.34. The minimum Gasteiger partial charge on any atom is -0.394 e. The van der Waals surface area contributed by atoms with Gasteiger partial charge in [-0.25, -0.2) is 9.97 Å². The largest absolute Gasteiger partial charge is 0.394 e. The van der Waals surface area contributed by atoms with Gasteiger partial charge in [0.1, 0.15) is 6.33 Å². The summed E-state index contributed by atoms with van der Waals surface area (Å²) in [6.45, 7) is 0.884. The molecular formula is C12H14N4S. The van der Waals surface area contributed by atoms with E-state index < -0.39 is 0 Å². The summed E-state index contributed by atoms with van der Waals surface area (Å²) in [7, 11) is 0. The Bertz CT molecular complexity index is 493. The number of aromatic nitrogens is 2. The van der Waals surface area contributed by atoms with Crippen LogP contribution in [0.25, 0.3) is 0 Å². The zero-order chi connectivity index (χ0) is 11.7. The van der Waals surface area contributed by atoms with Gasteiger partial charge in [0.2, 0.25) is 0 Å². The number of rotatable bonds is 4. The first kappa shape index (κ1) is 10.5. The van der Waals surface area contributed by atoms with Crippen LogP contribution >= 0.6 is 11.3 Å². The zero-order valence-corrected chi connectivity index (χ0v) is 10.2. The molecule has 2 N–H and O–H groups in total. The van der Waals surface area contributed by atoms with Gasteiger partial charge in [0.05, 0.1) is 11.9 Å². The van der Waals surface area contributed by atoms with Gasteiger partial charge in [-0.2, -0.15) is 11.3 Å². The molecule has 0 amide bonds. The molecule has 5 heteroatoms. The van der Waals surface area contributed by atoms with Crippen LogP contribution in [0.15, 0.2) is 29.4 Å². The fraction of sp³-hybridized carbons (Fsp3) is 0.333. The molecule has 0 spiro atoms. The maximum atomic E-state index is 5.95. The summed E-state index contributed by atoms with van der Waals surface area (Å²) >= 11 is 1.72. The summed E-state index contributed by atoms with van der Waals surface area (Å²) in [5.41, 5.74) is 7.93. The van der Waals surface area contributed by atoms with Gasteiger partial charge < -0.3 is 10.6 Å². The summed E-state index contributed by atoms with van der Waals surface area (Å²) < 4.78 is 0. The lowest BCUT2D eigenvalue weighted by molar-refractivity contribution is 0.779.